The maximum absolute atomic E-state index is 12.3. The van der Waals surface area contributed by atoms with Crippen LogP contribution in [0, 0.1) is 20.8 Å². The monoisotopic (exact) mass is 413 g/mol. The van der Waals surface area contributed by atoms with Crippen LogP contribution >= 0.6 is 11.6 Å². The first-order chi connectivity index (χ1) is 13.6. The van der Waals surface area contributed by atoms with Crippen molar-refractivity contribution in [3.05, 3.63) is 57.6 Å². The topological polar surface area (TPSA) is 38.3 Å². The van der Waals surface area contributed by atoms with Gasteiger partial charge in [0.2, 0.25) is 5.91 Å². The smallest absolute Gasteiger partial charge is 0.225 e. The summed E-state index contributed by atoms with van der Waals surface area (Å²) in [6.45, 7) is 14.9. The van der Waals surface area contributed by atoms with Crippen molar-refractivity contribution in [2.75, 3.05) is 11.2 Å². The summed E-state index contributed by atoms with van der Waals surface area (Å²) in [6, 6.07) is 8.88. The van der Waals surface area contributed by atoms with Crippen LogP contribution in [0.5, 0.6) is 5.75 Å². The zero-order valence-corrected chi connectivity index (χ0v) is 19.3. The molecule has 29 heavy (non-hydrogen) atoms. The van der Waals surface area contributed by atoms with Gasteiger partial charge >= 0.3 is 0 Å². The van der Waals surface area contributed by atoms with E-state index in [-0.39, 0.29) is 17.4 Å². The van der Waals surface area contributed by atoms with Crippen LogP contribution < -0.4 is 10.1 Å². The lowest BCUT2D eigenvalue weighted by atomic mass is 9.78. The minimum absolute atomic E-state index is 0.0541. The fourth-order valence-electron chi connectivity index (χ4n) is 4.41. The van der Waals surface area contributed by atoms with Crippen molar-refractivity contribution in [2.24, 2.45) is 0 Å². The van der Waals surface area contributed by atoms with Gasteiger partial charge in [0.15, 0.2) is 0 Å². The van der Waals surface area contributed by atoms with Crippen LogP contribution in [-0.2, 0) is 4.79 Å². The van der Waals surface area contributed by atoms with Gasteiger partial charge in [-0.05, 0) is 68.4 Å². The van der Waals surface area contributed by atoms with E-state index in [1.165, 1.54) is 16.7 Å². The second-order valence-electron chi connectivity index (χ2n) is 8.94. The molecule has 3 nitrogen and oxygen atoms in total. The minimum Gasteiger partial charge on any atom is -0.486 e. The fourth-order valence-corrected chi connectivity index (χ4v) is 4.58. The Hall–Kier alpha value is -2.00. The van der Waals surface area contributed by atoms with E-state index < -0.39 is 0 Å². The van der Waals surface area contributed by atoms with Gasteiger partial charge in [-0.2, -0.15) is 0 Å². The van der Waals surface area contributed by atoms with Gasteiger partial charge in [0.1, 0.15) is 11.4 Å². The third-order valence-corrected chi connectivity index (χ3v) is 6.36. The number of anilines is 1. The average molecular weight is 414 g/mol. The zero-order chi connectivity index (χ0) is 21.5. The quantitative estimate of drug-likeness (QED) is 0.560. The summed E-state index contributed by atoms with van der Waals surface area (Å²) >= 11 is 5.76. The van der Waals surface area contributed by atoms with Crippen molar-refractivity contribution in [3.63, 3.8) is 0 Å². The third-order valence-electron chi connectivity index (χ3n) is 6.17. The fraction of sp³-hybridized carbons (Fsp3) is 0.480. The molecule has 0 spiro atoms. The molecule has 1 aliphatic rings. The number of carbonyl (C=O) groups excluding carboxylic acids is 1. The lowest BCUT2D eigenvalue weighted by Crippen LogP contribution is -2.31. The molecule has 2 aromatic carbocycles. The largest absolute Gasteiger partial charge is 0.486 e. The number of hydrogen-bond donors (Lipinski definition) is 1. The molecule has 0 aromatic heterocycles. The summed E-state index contributed by atoms with van der Waals surface area (Å²) in [4.78, 5) is 12.3. The molecular weight excluding hydrogens is 382 g/mol. The number of rotatable bonds is 5. The molecule has 156 valence electrons. The highest BCUT2D eigenvalue weighted by Crippen LogP contribution is 2.53. The molecule has 4 heteroatoms. The molecule has 0 radical (unpaired) electrons. The van der Waals surface area contributed by atoms with Gasteiger partial charge in [-0.15, -0.1) is 11.6 Å². The highest BCUT2D eigenvalue weighted by atomic mass is 35.5. The number of amides is 1. The van der Waals surface area contributed by atoms with Crippen LogP contribution in [0.4, 0.5) is 5.69 Å². The summed E-state index contributed by atoms with van der Waals surface area (Å²) < 4.78 is 6.51. The van der Waals surface area contributed by atoms with Crippen LogP contribution in [0.1, 0.15) is 79.3 Å². The van der Waals surface area contributed by atoms with Crippen molar-refractivity contribution in [1.82, 2.24) is 0 Å². The molecule has 2 aromatic rings. The maximum atomic E-state index is 12.3. The highest BCUT2D eigenvalue weighted by molar-refractivity contribution is 6.19. The van der Waals surface area contributed by atoms with Crippen LogP contribution in [0.2, 0.25) is 0 Å². The standard InChI is InChI=1S/C25H32ClNO2/c1-14(2)18-8-10-19(11-9-18)22-21-17(5)23(27-20(28)12-13-26)15(3)16(4)24(21)29-25(22,6)7/h8-11,14,22H,12-13H2,1-7H3,(H,27,28). The number of hydrogen-bond acceptors (Lipinski definition) is 2. The van der Waals surface area contributed by atoms with Gasteiger partial charge in [0.25, 0.3) is 0 Å². The molecular formula is C25H32ClNO2. The van der Waals surface area contributed by atoms with E-state index in [1.54, 1.807) is 0 Å². The van der Waals surface area contributed by atoms with Crippen molar-refractivity contribution >= 4 is 23.2 Å². The van der Waals surface area contributed by atoms with Gasteiger partial charge in [-0.1, -0.05) is 38.1 Å². The second kappa shape index (κ2) is 8.02. The van der Waals surface area contributed by atoms with E-state index in [2.05, 4.69) is 71.1 Å². The lowest BCUT2D eigenvalue weighted by Gasteiger charge is -2.27. The summed E-state index contributed by atoms with van der Waals surface area (Å²) in [6.07, 6.45) is 0.304. The lowest BCUT2D eigenvalue weighted by molar-refractivity contribution is -0.115. The third kappa shape index (κ3) is 3.90. The Bertz CT molecular complexity index is 929. The van der Waals surface area contributed by atoms with Gasteiger partial charge in [0.05, 0.1) is 5.92 Å². The number of halogens is 1. The van der Waals surface area contributed by atoms with Crippen LogP contribution in [-0.4, -0.2) is 17.4 Å². The van der Waals surface area contributed by atoms with E-state index in [9.17, 15) is 4.79 Å². The van der Waals surface area contributed by atoms with Crippen molar-refractivity contribution in [1.29, 1.82) is 0 Å². The van der Waals surface area contributed by atoms with Gasteiger partial charge in [-0.25, -0.2) is 0 Å². The predicted octanol–water partition coefficient (Wildman–Crippen LogP) is 6.61. The first-order valence-electron chi connectivity index (χ1n) is 10.4. The maximum Gasteiger partial charge on any atom is 0.225 e. The van der Waals surface area contributed by atoms with Gasteiger partial charge < -0.3 is 10.1 Å². The Kier molecular flexibility index (Phi) is 6.01. The molecule has 1 N–H and O–H groups in total. The Labute approximate surface area is 179 Å². The van der Waals surface area contributed by atoms with E-state index in [0.29, 0.717) is 18.2 Å². The van der Waals surface area contributed by atoms with E-state index in [0.717, 1.165) is 28.1 Å². The van der Waals surface area contributed by atoms with Crippen LogP contribution in [0.15, 0.2) is 24.3 Å². The number of nitrogens with one attached hydrogen (secondary N) is 1. The normalized spacial score (nSPS) is 17.2. The molecule has 0 saturated carbocycles. The number of benzene rings is 2. The average Bonchev–Trinajstić information content (AvgIpc) is 2.95. The number of ether oxygens (including phenoxy) is 1. The first-order valence-corrected chi connectivity index (χ1v) is 10.9. The van der Waals surface area contributed by atoms with Crippen LogP contribution in [0.25, 0.3) is 0 Å². The molecule has 3 rings (SSSR count). The summed E-state index contributed by atoms with van der Waals surface area (Å²) in [5.74, 6) is 1.82. The highest BCUT2D eigenvalue weighted by Gasteiger charge is 2.45. The molecule has 1 heterocycles. The molecule has 0 aliphatic carbocycles. The molecule has 1 aliphatic heterocycles. The zero-order valence-electron chi connectivity index (χ0n) is 18.6. The molecule has 0 bridgehead atoms. The summed E-state index contributed by atoms with van der Waals surface area (Å²) in [5.41, 5.74) is 7.48. The minimum atomic E-state index is -0.373. The molecule has 0 fully saturated rings. The second-order valence-corrected chi connectivity index (χ2v) is 9.32. The Morgan fingerprint density at radius 3 is 2.28 bits per heavy atom. The Morgan fingerprint density at radius 1 is 1.10 bits per heavy atom. The van der Waals surface area contributed by atoms with Crippen molar-refractivity contribution in [2.45, 2.75) is 72.3 Å². The number of carbonyl (C=O) groups is 1. The summed E-state index contributed by atoms with van der Waals surface area (Å²) in [5, 5.41) is 3.09. The van der Waals surface area contributed by atoms with Crippen LogP contribution in [0.3, 0.4) is 0 Å². The van der Waals surface area contributed by atoms with Crippen molar-refractivity contribution in [3.8, 4) is 5.75 Å². The molecule has 0 saturated heterocycles. The predicted molar refractivity (Wildman–Crippen MR) is 122 cm³/mol. The van der Waals surface area contributed by atoms with Crippen molar-refractivity contribution < 1.29 is 9.53 Å². The van der Waals surface area contributed by atoms with E-state index >= 15 is 0 Å². The van der Waals surface area contributed by atoms with E-state index in [1.807, 2.05) is 6.92 Å². The van der Waals surface area contributed by atoms with E-state index in [4.69, 9.17) is 16.3 Å². The molecule has 1 amide bonds. The Morgan fingerprint density at radius 2 is 1.72 bits per heavy atom. The SMILES string of the molecule is Cc1c(C)c2c(c(C)c1NC(=O)CCCl)C(c1ccc(C(C)C)cc1)C(C)(C)O2. The van der Waals surface area contributed by atoms with Gasteiger partial charge in [0, 0.05) is 23.6 Å². The first kappa shape index (κ1) is 21.7. The van der Waals surface area contributed by atoms with Gasteiger partial charge in [-0.3, -0.25) is 4.79 Å². The number of alkyl halides is 1. The Balaban J connectivity index is 2.15. The number of fused-ring (bicyclic) bond motifs is 1. The molecule has 1 unspecified atom stereocenters. The molecule has 1 atom stereocenters. The summed E-state index contributed by atoms with van der Waals surface area (Å²) in [7, 11) is 0.